The molecule has 0 amide bonds. The van der Waals surface area contributed by atoms with Gasteiger partial charge in [0.25, 0.3) is 0 Å². The van der Waals surface area contributed by atoms with Crippen LogP contribution in [-0.2, 0) is 11.2 Å². The van der Waals surface area contributed by atoms with Crippen LogP contribution in [0.15, 0.2) is 73.3 Å². The van der Waals surface area contributed by atoms with Crippen LogP contribution < -0.4 is 0 Å². The second kappa shape index (κ2) is 10.5. The summed E-state index contributed by atoms with van der Waals surface area (Å²) in [4.78, 5) is 11.3. The largest absolute Gasteiger partial charge is 0.381 e. The second-order valence-corrected chi connectivity index (χ2v) is 8.64. The fraction of sp³-hybridized carbons (Fsp3) is 0.370. The number of hydrogen-bond acceptors (Lipinski definition) is 5. The molecule has 3 heterocycles. The van der Waals surface area contributed by atoms with Crippen molar-refractivity contribution in [2.24, 2.45) is 5.41 Å². The Bertz CT molecular complexity index is 978. The maximum absolute atomic E-state index is 9.06. The summed E-state index contributed by atoms with van der Waals surface area (Å²) in [6.45, 7) is 5.54. The van der Waals surface area contributed by atoms with Crippen LogP contribution in [0, 0.1) is 16.7 Å². The van der Waals surface area contributed by atoms with E-state index < -0.39 is 0 Å². The van der Waals surface area contributed by atoms with E-state index in [4.69, 9.17) is 10.00 Å². The lowest BCUT2D eigenvalue weighted by atomic mass is 9.82. The highest BCUT2D eigenvalue weighted by molar-refractivity contribution is 5.32. The molecular weight excluding hydrogens is 396 g/mol. The van der Waals surface area contributed by atoms with E-state index in [1.807, 2.05) is 49.1 Å². The van der Waals surface area contributed by atoms with Crippen molar-refractivity contribution < 1.29 is 4.74 Å². The van der Waals surface area contributed by atoms with Gasteiger partial charge in [-0.2, -0.15) is 5.26 Å². The topological polar surface area (TPSA) is 62.0 Å². The minimum absolute atomic E-state index is 0.104. The van der Waals surface area contributed by atoms with E-state index in [0.29, 0.717) is 5.56 Å². The van der Waals surface area contributed by atoms with Crippen molar-refractivity contribution in [2.75, 3.05) is 26.3 Å². The van der Waals surface area contributed by atoms with Crippen LogP contribution in [0.4, 0.5) is 0 Å². The fourth-order valence-corrected chi connectivity index (χ4v) is 4.75. The van der Waals surface area contributed by atoms with Gasteiger partial charge in [0.05, 0.1) is 24.3 Å². The third kappa shape index (κ3) is 5.21. The molecule has 1 aliphatic heterocycles. The van der Waals surface area contributed by atoms with Crippen molar-refractivity contribution >= 4 is 0 Å². The van der Waals surface area contributed by atoms with Crippen LogP contribution in [0.3, 0.4) is 0 Å². The predicted octanol–water partition coefficient (Wildman–Crippen LogP) is 4.80. The normalized spacial score (nSPS) is 18.7. The first kappa shape index (κ1) is 22.1. The Kier molecular flexibility index (Phi) is 7.26. The van der Waals surface area contributed by atoms with Gasteiger partial charge in [-0.25, -0.2) is 0 Å². The highest BCUT2D eigenvalue weighted by atomic mass is 16.5. The van der Waals surface area contributed by atoms with E-state index in [1.165, 1.54) is 16.7 Å². The molecule has 1 saturated heterocycles. The lowest BCUT2D eigenvalue weighted by Crippen LogP contribution is -2.34. The number of benzene rings is 1. The van der Waals surface area contributed by atoms with Gasteiger partial charge in [0, 0.05) is 43.4 Å². The first-order valence-electron chi connectivity index (χ1n) is 11.3. The molecule has 0 aliphatic carbocycles. The third-order valence-corrected chi connectivity index (χ3v) is 6.47. The molecule has 1 atom stereocenters. The van der Waals surface area contributed by atoms with Gasteiger partial charge in [0.15, 0.2) is 0 Å². The van der Waals surface area contributed by atoms with Gasteiger partial charge < -0.3 is 4.74 Å². The lowest BCUT2D eigenvalue weighted by Gasteiger charge is -2.33. The summed E-state index contributed by atoms with van der Waals surface area (Å²) in [6.07, 6.45) is 10.7. The van der Waals surface area contributed by atoms with Gasteiger partial charge in [-0.05, 0) is 73.7 Å². The minimum Gasteiger partial charge on any atom is -0.381 e. The monoisotopic (exact) mass is 426 g/mol. The Labute approximate surface area is 190 Å². The van der Waals surface area contributed by atoms with Gasteiger partial charge in [-0.3, -0.25) is 14.9 Å². The van der Waals surface area contributed by atoms with Gasteiger partial charge >= 0.3 is 0 Å². The Hall–Kier alpha value is -3.07. The van der Waals surface area contributed by atoms with Gasteiger partial charge in [0.2, 0.25) is 0 Å². The van der Waals surface area contributed by atoms with Crippen LogP contribution >= 0.6 is 0 Å². The van der Waals surface area contributed by atoms with Gasteiger partial charge in [-0.1, -0.05) is 24.3 Å². The molecule has 0 unspecified atom stereocenters. The van der Waals surface area contributed by atoms with Crippen molar-refractivity contribution in [1.82, 2.24) is 14.9 Å². The summed E-state index contributed by atoms with van der Waals surface area (Å²) < 4.78 is 5.99. The molecule has 2 aromatic heterocycles. The highest BCUT2D eigenvalue weighted by Gasteiger charge is 2.41. The molecule has 1 aliphatic rings. The van der Waals surface area contributed by atoms with E-state index in [9.17, 15) is 0 Å². The number of aryl methyl sites for hydroxylation is 1. The van der Waals surface area contributed by atoms with Crippen LogP contribution in [-0.4, -0.2) is 41.2 Å². The van der Waals surface area contributed by atoms with Gasteiger partial charge in [-0.15, -0.1) is 0 Å². The average Bonchev–Trinajstić information content (AvgIpc) is 3.27. The lowest BCUT2D eigenvalue weighted by molar-refractivity contribution is 0.0473. The van der Waals surface area contributed by atoms with Crippen molar-refractivity contribution in [1.29, 1.82) is 5.26 Å². The van der Waals surface area contributed by atoms with Crippen molar-refractivity contribution in [3.63, 3.8) is 0 Å². The number of pyridine rings is 2. The number of rotatable bonds is 9. The smallest absolute Gasteiger partial charge is 0.0991 e. The number of nitriles is 1. The minimum atomic E-state index is 0.104. The quantitative estimate of drug-likeness (QED) is 0.492. The molecule has 5 heteroatoms. The summed E-state index contributed by atoms with van der Waals surface area (Å²) in [7, 11) is 0. The van der Waals surface area contributed by atoms with Crippen molar-refractivity contribution in [2.45, 2.75) is 32.2 Å². The maximum atomic E-state index is 9.06. The molecule has 0 N–H and O–H groups in total. The molecule has 3 aromatic rings. The molecule has 0 saturated carbocycles. The standard InChI is InChI=1S/C27H30N4O/c1-2-32-21-27(12-11-22-7-9-23(17-28)10-8-22)13-16-31(20-27)26(24-5-3-14-29-18-24)25-6-4-15-30-19-25/h3-10,14-15,18-19,26H,2,11-13,16,20-21H2,1H3/t27-/m1/s1. The van der Waals surface area contributed by atoms with Gasteiger partial charge in [0.1, 0.15) is 0 Å². The Morgan fingerprint density at radius 2 is 1.75 bits per heavy atom. The summed E-state index contributed by atoms with van der Waals surface area (Å²) in [5.41, 5.74) is 4.47. The van der Waals surface area contributed by atoms with E-state index in [1.54, 1.807) is 0 Å². The maximum Gasteiger partial charge on any atom is 0.0991 e. The van der Waals surface area contributed by atoms with Crippen LogP contribution in [0.1, 0.15) is 48.1 Å². The van der Waals surface area contributed by atoms with E-state index >= 15 is 0 Å². The fourth-order valence-electron chi connectivity index (χ4n) is 4.75. The number of likely N-dealkylation sites (tertiary alicyclic amines) is 1. The van der Waals surface area contributed by atoms with Crippen LogP contribution in [0.5, 0.6) is 0 Å². The zero-order valence-electron chi connectivity index (χ0n) is 18.7. The molecule has 32 heavy (non-hydrogen) atoms. The summed E-state index contributed by atoms with van der Waals surface area (Å²) in [5.74, 6) is 0. The number of aromatic nitrogens is 2. The molecule has 0 radical (unpaired) electrons. The Balaban J connectivity index is 1.55. The Morgan fingerprint density at radius 1 is 1.06 bits per heavy atom. The van der Waals surface area contributed by atoms with E-state index in [-0.39, 0.29) is 11.5 Å². The SMILES string of the molecule is CCOC[C@]1(CCc2ccc(C#N)cc2)CCN(C(c2cccnc2)c2cccnc2)C1. The molecule has 1 fully saturated rings. The van der Waals surface area contributed by atoms with Crippen molar-refractivity contribution in [3.8, 4) is 6.07 Å². The molecule has 164 valence electrons. The molecular formula is C27H30N4O. The predicted molar refractivity (Wildman–Crippen MR) is 125 cm³/mol. The molecule has 4 rings (SSSR count). The van der Waals surface area contributed by atoms with E-state index in [0.717, 1.165) is 45.6 Å². The molecule has 0 bridgehead atoms. The first-order chi connectivity index (χ1) is 15.7. The second-order valence-electron chi connectivity index (χ2n) is 8.64. The molecule has 0 spiro atoms. The van der Waals surface area contributed by atoms with Crippen LogP contribution in [0.2, 0.25) is 0 Å². The Morgan fingerprint density at radius 3 is 2.31 bits per heavy atom. The average molecular weight is 427 g/mol. The number of ether oxygens (including phenoxy) is 1. The first-order valence-corrected chi connectivity index (χ1v) is 11.3. The zero-order chi connectivity index (χ0) is 22.2. The number of nitrogens with zero attached hydrogens (tertiary/aromatic N) is 4. The van der Waals surface area contributed by atoms with Crippen LogP contribution in [0.25, 0.3) is 0 Å². The highest BCUT2D eigenvalue weighted by Crippen LogP contribution is 2.41. The summed E-state index contributed by atoms with van der Waals surface area (Å²) in [5, 5.41) is 9.06. The molecule has 1 aromatic carbocycles. The molecule has 5 nitrogen and oxygen atoms in total. The summed E-state index contributed by atoms with van der Waals surface area (Å²) in [6, 6.07) is 18.6. The summed E-state index contributed by atoms with van der Waals surface area (Å²) >= 11 is 0. The third-order valence-electron chi connectivity index (χ3n) is 6.47. The number of hydrogen-bond donors (Lipinski definition) is 0. The van der Waals surface area contributed by atoms with Crippen molar-refractivity contribution in [3.05, 3.63) is 95.6 Å². The zero-order valence-corrected chi connectivity index (χ0v) is 18.7. The van der Waals surface area contributed by atoms with E-state index in [2.05, 4.69) is 52.1 Å².